The summed E-state index contributed by atoms with van der Waals surface area (Å²) in [5.74, 6) is -1.80. The molecular formula is C28H25F6N3O2. The molecule has 2 aromatic carbocycles. The highest BCUT2D eigenvalue weighted by Gasteiger charge is 2.40. The normalized spacial score (nSPS) is 18.1. The van der Waals surface area contributed by atoms with Gasteiger partial charge < -0.3 is 9.80 Å². The molecule has 0 aliphatic carbocycles. The van der Waals surface area contributed by atoms with Gasteiger partial charge in [-0.3, -0.25) is 14.6 Å². The molecule has 2 unspecified atom stereocenters. The minimum absolute atomic E-state index is 0.0606. The molecular weight excluding hydrogens is 524 g/mol. The molecule has 3 aromatic rings. The maximum Gasteiger partial charge on any atom is 0.416 e. The molecule has 2 atom stereocenters. The topological polar surface area (TPSA) is 53.5 Å². The summed E-state index contributed by atoms with van der Waals surface area (Å²) in [4.78, 5) is 33.5. The van der Waals surface area contributed by atoms with Gasteiger partial charge >= 0.3 is 12.4 Å². The van der Waals surface area contributed by atoms with E-state index in [2.05, 4.69) is 4.98 Å². The predicted molar refractivity (Wildman–Crippen MR) is 130 cm³/mol. The smallest absolute Gasteiger partial charge is 0.341 e. The monoisotopic (exact) mass is 549 g/mol. The van der Waals surface area contributed by atoms with E-state index in [0.717, 1.165) is 10.5 Å². The van der Waals surface area contributed by atoms with Crippen molar-refractivity contribution in [3.63, 3.8) is 0 Å². The zero-order chi connectivity index (χ0) is 28.4. The summed E-state index contributed by atoms with van der Waals surface area (Å²) in [6.45, 7) is -0.00333. The molecule has 1 aromatic heterocycles. The highest BCUT2D eigenvalue weighted by Crippen LogP contribution is 2.38. The second-order valence-corrected chi connectivity index (χ2v) is 9.49. The summed E-state index contributed by atoms with van der Waals surface area (Å²) in [6.07, 6.45) is -8.20. The van der Waals surface area contributed by atoms with Crippen LogP contribution in [0.25, 0.3) is 0 Å². The zero-order valence-electron chi connectivity index (χ0n) is 20.8. The van der Waals surface area contributed by atoms with Crippen LogP contribution < -0.4 is 0 Å². The SMILES string of the molecule is CN(Cc1cc(C(F)(F)F)cc(C(F)(F)F)c1)C(=O)C1CCN(C(=O)c2ccccn2)CC1c1ccccc1. The Morgan fingerprint density at radius 3 is 2.10 bits per heavy atom. The Balaban J connectivity index is 1.58. The Hall–Kier alpha value is -3.89. The molecule has 0 radical (unpaired) electrons. The Kier molecular flexibility index (Phi) is 7.99. The van der Waals surface area contributed by atoms with Crippen molar-refractivity contribution in [3.8, 4) is 0 Å². The maximum atomic E-state index is 13.6. The lowest BCUT2D eigenvalue weighted by atomic mass is 9.79. The number of nitrogens with zero attached hydrogens (tertiary/aromatic N) is 3. The zero-order valence-corrected chi connectivity index (χ0v) is 20.8. The average molecular weight is 550 g/mol. The number of likely N-dealkylation sites (tertiary alicyclic amines) is 1. The van der Waals surface area contributed by atoms with Crippen LogP contribution in [0, 0.1) is 5.92 Å². The van der Waals surface area contributed by atoms with Gasteiger partial charge in [0.25, 0.3) is 5.91 Å². The van der Waals surface area contributed by atoms with Gasteiger partial charge in [-0.25, -0.2) is 0 Å². The minimum atomic E-state index is -4.98. The van der Waals surface area contributed by atoms with E-state index in [1.54, 1.807) is 41.3 Å². The number of carbonyl (C=O) groups excluding carboxylic acids is 2. The number of amides is 2. The highest BCUT2D eigenvalue weighted by molar-refractivity contribution is 5.92. The van der Waals surface area contributed by atoms with Crippen molar-refractivity contribution in [1.29, 1.82) is 0 Å². The molecule has 1 aliphatic rings. The molecule has 206 valence electrons. The highest BCUT2D eigenvalue weighted by atomic mass is 19.4. The van der Waals surface area contributed by atoms with E-state index < -0.39 is 47.8 Å². The van der Waals surface area contributed by atoms with Crippen molar-refractivity contribution in [1.82, 2.24) is 14.8 Å². The van der Waals surface area contributed by atoms with Gasteiger partial charge in [-0.2, -0.15) is 26.3 Å². The number of hydrogen-bond donors (Lipinski definition) is 0. The Bertz CT molecular complexity index is 1280. The summed E-state index contributed by atoms with van der Waals surface area (Å²) in [5, 5.41) is 0. The first kappa shape index (κ1) is 28.1. The van der Waals surface area contributed by atoms with Gasteiger partial charge in [0, 0.05) is 44.7 Å². The summed E-state index contributed by atoms with van der Waals surface area (Å²) in [6, 6.07) is 15.3. The number of alkyl halides is 6. The van der Waals surface area contributed by atoms with Crippen LogP contribution in [-0.4, -0.2) is 46.7 Å². The minimum Gasteiger partial charge on any atom is -0.341 e. The Morgan fingerprint density at radius 2 is 1.54 bits per heavy atom. The van der Waals surface area contributed by atoms with E-state index in [1.807, 2.05) is 12.1 Å². The summed E-state index contributed by atoms with van der Waals surface area (Å²) < 4.78 is 79.8. The quantitative estimate of drug-likeness (QED) is 0.366. The Labute approximate surface area is 221 Å². The van der Waals surface area contributed by atoms with Gasteiger partial charge in [0.1, 0.15) is 5.69 Å². The fourth-order valence-corrected chi connectivity index (χ4v) is 4.87. The van der Waals surface area contributed by atoms with E-state index >= 15 is 0 Å². The van der Waals surface area contributed by atoms with Gasteiger partial charge in [-0.15, -0.1) is 0 Å². The molecule has 2 heterocycles. The van der Waals surface area contributed by atoms with E-state index in [-0.39, 0.29) is 42.7 Å². The standard InChI is InChI=1S/C28H25F6N3O2/c1-36(16-18-13-20(27(29,30)31)15-21(14-18)28(32,33)34)25(38)22-10-12-37(26(39)24-9-5-6-11-35-24)17-23(22)19-7-3-2-4-8-19/h2-9,11,13-15,22-23H,10,12,16-17H2,1H3. The van der Waals surface area contributed by atoms with Crippen molar-refractivity contribution in [2.75, 3.05) is 20.1 Å². The molecule has 1 aliphatic heterocycles. The molecule has 39 heavy (non-hydrogen) atoms. The van der Waals surface area contributed by atoms with Crippen molar-refractivity contribution in [2.24, 2.45) is 5.92 Å². The maximum absolute atomic E-state index is 13.6. The second-order valence-electron chi connectivity index (χ2n) is 9.49. The summed E-state index contributed by atoms with van der Waals surface area (Å²) in [7, 11) is 1.35. The Morgan fingerprint density at radius 1 is 0.923 bits per heavy atom. The second kappa shape index (κ2) is 11.1. The van der Waals surface area contributed by atoms with Gasteiger partial charge in [-0.05, 0) is 47.9 Å². The lowest BCUT2D eigenvalue weighted by Crippen LogP contribution is -2.47. The summed E-state index contributed by atoms with van der Waals surface area (Å²) in [5.41, 5.74) is -2.10. The molecule has 11 heteroatoms. The molecule has 5 nitrogen and oxygen atoms in total. The fraction of sp³-hybridized carbons (Fsp3) is 0.321. The fourth-order valence-electron chi connectivity index (χ4n) is 4.87. The molecule has 0 saturated carbocycles. The van der Waals surface area contributed by atoms with Crippen molar-refractivity contribution >= 4 is 11.8 Å². The molecule has 0 spiro atoms. The number of hydrogen-bond acceptors (Lipinski definition) is 3. The van der Waals surface area contributed by atoms with Gasteiger partial charge in [0.05, 0.1) is 11.1 Å². The van der Waals surface area contributed by atoms with Gasteiger partial charge in [0.15, 0.2) is 0 Å². The van der Waals surface area contributed by atoms with E-state index in [1.165, 1.54) is 13.2 Å². The van der Waals surface area contributed by atoms with Crippen LogP contribution >= 0.6 is 0 Å². The average Bonchev–Trinajstić information content (AvgIpc) is 2.91. The number of halogens is 6. The molecule has 4 rings (SSSR count). The van der Waals surface area contributed by atoms with E-state index in [0.29, 0.717) is 12.1 Å². The van der Waals surface area contributed by atoms with Crippen molar-refractivity contribution in [3.05, 3.63) is 101 Å². The number of benzene rings is 2. The molecule has 1 fully saturated rings. The van der Waals surface area contributed by atoms with Crippen LogP contribution in [0.5, 0.6) is 0 Å². The molecule has 1 saturated heterocycles. The van der Waals surface area contributed by atoms with E-state index in [4.69, 9.17) is 0 Å². The third-order valence-electron chi connectivity index (χ3n) is 6.77. The summed E-state index contributed by atoms with van der Waals surface area (Å²) >= 11 is 0. The van der Waals surface area contributed by atoms with Crippen LogP contribution in [0.15, 0.2) is 72.9 Å². The predicted octanol–water partition coefficient (Wildman–Crippen LogP) is 6.02. The lowest BCUT2D eigenvalue weighted by Gasteiger charge is -2.39. The van der Waals surface area contributed by atoms with Crippen LogP contribution in [-0.2, 0) is 23.7 Å². The lowest BCUT2D eigenvalue weighted by molar-refractivity contribution is -0.143. The molecule has 0 bridgehead atoms. The van der Waals surface area contributed by atoms with Gasteiger partial charge in [0.2, 0.25) is 5.91 Å². The number of carbonyl (C=O) groups is 2. The third-order valence-corrected chi connectivity index (χ3v) is 6.77. The molecule has 0 N–H and O–H groups in total. The van der Waals surface area contributed by atoms with Crippen LogP contribution in [0.3, 0.4) is 0 Å². The largest absolute Gasteiger partial charge is 0.416 e. The first-order valence-electron chi connectivity index (χ1n) is 12.1. The third kappa shape index (κ3) is 6.58. The van der Waals surface area contributed by atoms with Crippen molar-refractivity contribution < 1.29 is 35.9 Å². The van der Waals surface area contributed by atoms with E-state index in [9.17, 15) is 35.9 Å². The number of rotatable bonds is 5. The van der Waals surface area contributed by atoms with Crippen LogP contribution in [0.2, 0.25) is 0 Å². The number of piperidine rings is 1. The number of pyridine rings is 1. The van der Waals surface area contributed by atoms with Crippen molar-refractivity contribution in [2.45, 2.75) is 31.2 Å². The van der Waals surface area contributed by atoms with Crippen LogP contribution in [0.1, 0.15) is 45.1 Å². The first-order valence-corrected chi connectivity index (χ1v) is 12.1. The molecule has 2 amide bonds. The first-order chi connectivity index (χ1) is 18.3. The van der Waals surface area contributed by atoms with Gasteiger partial charge in [-0.1, -0.05) is 36.4 Å². The number of aromatic nitrogens is 1. The van der Waals surface area contributed by atoms with Crippen LogP contribution in [0.4, 0.5) is 26.3 Å².